The Balaban J connectivity index is 2.27. The van der Waals surface area contributed by atoms with Gasteiger partial charge in [-0.3, -0.25) is 0 Å². The van der Waals surface area contributed by atoms with E-state index in [9.17, 15) is 8.42 Å². The van der Waals surface area contributed by atoms with E-state index in [-0.39, 0.29) is 6.54 Å². The smallest absolute Gasteiger partial charge is 0.209 e. The van der Waals surface area contributed by atoms with Crippen molar-refractivity contribution in [3.8, 4) is 0 Å². The molecule has 1 N–H and O–H groups in total. The Labute approximate surface area is 141 Å². The molecule has 0 fully saturated rings. The Morgan fingerprint density at radius 2 is 2.00 bits per heavy atom. The van der Waals surface area contributed by atoms with Crippen LogP contribution < -0.4 is 4.72 Å². The standard InChI is InChI=1S/C15H21ClN4O2S/c1-11(2)8-14-18-15(9-17-23(3,21)22)20(19-14)10-12-6-4-5-7-13(12)16/h4-7,11,17H,8-10H2,1-3H3. The van der Waals surface area contributed by atoms with Gasteiger partial charge in [0.2, 0.25) is 10.0 Å². The molecule has 2 aromatic rings. The van der Waals surface area contributed by atoms with Crippen molar-refractivity contribution in [3.05, 3.63) is 46.5 Å². The van der Waals surface area contributed by atoms with Crippen LogP contribution in [0.4, 0.5) is 0 Å². The minimum atomic E-state index is -3.29. The topological polar surface area (TPSA) is 76.9 Å². The highest BCUT2D eigenvalue weighted by atomic mass is 35.5. The molecule has 6 nitrogen and oxygen atoms in total. The summed E-state index contributed by atoms with van der Waals surface area (Å²) in [6.45, 7) is 4.73. The molecule has 23 heavy (non-hydrogen) atoms. The van der Waals surface area contributed by atoms with Gasteiger partial charge in [-0.25, -0.2) is 22.8 Å². The zero-order valence-electron chi connectivity index (χ0n) is 13.5. The minimum absolute atomic E-state index is 0.106. The number of benzene rings is 1. The summed E-state index contributed by atoms with van der Waals surface area (Å²) in [7, 11) is -3.29. The first-order valence-electron chi connectivity index (χ1n) is 7.35. The Morgan fingerprint density at radius 1 is 1.30 bits per heavy atom. The summed E-state index contributed by atoms with van der Waals surface area (Å²) in [6.07, 6.45) is 1.86. The van der Waals surface area contributed by atoms with Gasteiger partial charge in [0.1, 0.15) is 5.82 Å². The van der Waals surface area contributed by atoms with E-state index < -0.39 is 10.0 Å². The molecule has 0 saturated carbocycles. The van der Waals surface area contributed by atoms with Gasteiger partial charge in [0, 0.05) is 11.4 Å². The van der Waals surface area contributed by atoms with Crippen molar-refractivity contribution in [3.63, 3.8) is 0 Å². The first kappa shape index (κ1) is 17.9. The van der Waals surface area contributed by atoms with Gasteiger partial charge in [-0.1, -0.05) is 43.6 Å². The molecular weight excluding hydrogens is 336 g/mol. The van der Waals surface area contributed by atoms with Crippen LogP contribution in [0.1, 0.15) is 31.1 Å². The third-order valence-electron chi connectivity index (χ3n) is 3.15. The van der Waals surface area contributed by atoms with Crippen LogP contribution >= 0.6 is 11.6 Å². The summed E-state index contributed by atoms with van der Waals surface area (Å²) in [4.78, 5) is 4.46. The molecule has 2 rings (SSSR count). The maximum Gasteiger partial charge on any atom is 0.209 e. The number of hydrogen-bond acceptors (Lipinski definition) is 4. The molecule has 0 spiro atoms. The lowest BCUT2D eigenvalue weighted by Gasteiger charge is -2.08. The van der Waals surface area contributed by atoms with E-state index in [0.717, 1.165) is 18.2 Å². The van der Waals surface area contributed by atoms with Crippen molar-refractivity contribution in [1.82, 2.24) is 19.5 Å². The first-order valence-corrected chi connectivity index (χ1v) is 9.62. The van der Waals surface area contributed by atoms with Crippen LogP contribution in [-0.4, -0.2) is 29.4 Å². The zero-order valence-corrected chi connectivity index (χ0v) is 15.0. The Kier molecular flexibility index (Phi) is 5.78. The van der Waals surface area contributed by atoms with Crippen molar-refractivity contribution < 1.29 is 8.42 Å². The molecule has 0 atom stereocenters. The molecule has 126 valence electrons. The van der Waals surface area contributed by atoms with Gasteiger partial charge < -0.3 is 0 Å². The van der Waals surface area contributed by atoms with E-state index in [4.69, 9.17) is 11.6 Å². The molecule has 0 unspecified atom stereocenters. The number of aromatic nitrogens is 3. The van der Waals surface area contributed by atoms with Crippen molar-refractivity contribution in [1.29, 1.82) is 0 Å². The molecule has 0 amide bonds. The van der Waals surface area contributed by atoms with Crippen LogP contribution in [0.2, 0.25) is 5.02 Å². The van der Waals surface area contributed by atoms with Gasteiger partial charge in [0.15, 0.2) is 5.82 Å². The molecular formula is C15H21ClN4O2S. The van der Waals surface area contributed by atoms with Crippen molar-refractivity contribution in [2.45, 2.75) is 33.4 Å². The number of rotatable bonds is 7. The first-order chi connectivity index (χ1) is 10.7. The van der Waals surface area contributed by atoms with E-state index in [1.54, 1.807) is 4.68 Å². The molecule has 0 radical (unpaired) electrons. The number of nitrogens with one attached hydrogen (secondary N) is 1. The molecule has 1 heterocycles. The van der Waals surface area contributed by atoms with Crippen molar-refractivity contribution in [2.24, 2.45) is 5.92 Å². The van der Waals surface area contributed by atoms with Crippen molar-refractivity contribution >= 4 is 21.6 Å². The van der Waals surface area contributed by atoms with Crippen LogP contribution in [0.3, 0.4) is 0 Å². The Morgan fingerprint density at radius 3 is 2.61 bits per heavy atom. The third kappa shape index (κ3) is 5.60. The maximum atomic E-state index is 11.3. The average molecular weight is 357 g/mol. The SMILES string of the molecule is CC(C)Cc1nc(CNS(C)(=O)=O)n(Cc2ccccc2Cl)n1. The van der Waals surface area contributed by atoms with Crippen LogP contribution in [0, 0.1) is 5.92 Å². The van der Waals surface area contributed by atoms with Gasteiger partial charge >= 0.3 is 0 Å². The van der Waals surface area contributed by atoms with Gasteiger partial charge in [0.25, 0.3) is 0 Å². The van der Waals surface area contributed by atoms with Gasteiger partial charge in [0.05, 0.1) is 19.3 Å². The molecule has 1 aromatic heterocycles. The molecule has 8 heteroatoms. The highest BCUT2D eigenvalue weighted by molar-refractivity contribution is 7.88. The van der Waals surface area contributed by atoms with E-state index in [1.807, 2.05) is 24.3 Å². The fourth-order valence-corrected chi connectivity index (χ4v) is 2.71. The Bertz CT molecular complexity index is 772. The molecule has 0 bridgehead atoms. The quantitative estimate of drug-likeness (QED) is 0.825. The number of sulfonamides is 1. The van der Waals surface area contributed by atoms with Gasteiger partial charge in [-0.05, 0) is 17.5 Å². The zero-order chi connectivity index (χ0) is 17.0. The summed E-state index contributed by atoms with van der Waals surface area (Å²) < 4.78 is 26.8. The Hall–Kier alpha value is -1.44. The average Bonchev–Trinajstić information content (AvgIpc) is 2.79. The van der Waals surface area contributed by atoms with Crippen LogP contribution in [0.25, 0.3) is 0 Å². The summed E-state index contributed by atoms with van der Waals surface area (Å²) in [6, 6.07) is 7.50. The largest absolute Gasteiger partial charge is 0.244 e. The molecule has 0 saturated heterocycles. The summed E-state index contributed by atoms with van der Waals surface area (Å²) in [5, 5.41) is 5.15. The lowest BCUT2D eigenvalue weighted by atomic mass is 10.1. The summed E-state index contributed by atoms with van der Waals surface area (Å²) in [5.74, 6) is 1.70. The lowest BCUT2D eigenvalue weighted by molar-refractivity contribution is 0.574. The van der Waals surface area contributed by atoms with Gasteiger partial charge in [-0.15, -0.1) is 0 Å². The van der Waals surface area contributed by atoms with Crippen molar-refractivity contribution in [2.75, 3.05) is 6.26 Å². The number of halogens is 1. The van der Waals surface area contributed by atoms with E-state index in [1.165, 1.54) is 0 Å². The number of hydrogen-bond donors (Lipinski definition) is 1. The summed E-state index contributed by atoms with van der Waals surface area (Å²) >= 11 is 6.19. The van der Waals surface area contributed by atoms with Crippen LogP contribution in [0.15, 0.2) is 24.3 Å². The molecule has 0 aliphatic heterocycles. The summed E-state index contributed by atoms with van der Waals surface area (Å²) in [5.41, 5.74) is 0.913. The van der Waals surface area contributed by atoms with E-state index in [0.29, 0.717) is 29.1 Å². The van der Waals surface area contributed by atoms with E-state index >= 15 is 0 Å². The molecule has 0 aliphatic rings. The minimum Gasteiger partial charge on any atom is -0.244 e. The highest BCUT2D eigenvalue weighted by Crippen LogP contribution is 2.17. The molecule has 0 aliphatic carbocycles. The third-order valence-corrected chi connectivity index (χ3v) is 4.19. The second kappa shape index (κ2) is 7.42. The monoisotopic (exact) mass is 356 g/mol. The molecule has 1 aromatic carbocycles. The predicted octanol–water partition coefficient (Wildman–Crippen LogP) is 2.23. The second-order valence-electron chi connectivity index (χ2n) is 5.88. The predicted molar refractivity (Wildman–Crippen MR) is 90.8 cm³/mol. The van der Waals surface area contributed by atoms with Crippen LogP contribution in [0.5, 0.6) is 0 Å². The van der Waals surface area contributed by atoms with Crippen LogP contribution in [-0.2, 0) is 29.5 Å². The fourth-order valence-electron chi connectivity index (χ4n) is 2.12. The number of nitrogens with zero attached hydrogens (tertiary/aromatic N) is 3. The van der Waals surface area contributed by atoms with E-state index in [2.05, 4.69) is 28.7 Å². The maximum absolute atomic E-state index is 11.3. The highest BCUT2D eigenvalue weighted by Gasteiger charge is 2.14. The normalized spacial score (nSPS) is 12.0. The fraction of sp³-hybridized carbons (Fsp3) is 0.467. The lowest BCUT2D eigenvalue weighted by Crippen LogP contribution is -2.23. The van der Waals surface area contributed by atoms with Gasteiger partial charge in [-0.2, -0.15) is 5.10 Å². The second-order valence-corrected chi connectivity index (χ2v) is 8.12.